The van der Waals surface area contributed by atoms with Crippen molar-refractivity contribution in [3.05, 3.63) is 71.3 Å². The van der Waals surface area contributed by atoms with E-state index >= 15 is 0 Å². The Morgan fingerprint density at radius 2 is 1.69 bits per heavy atom. The van der Waals surface area contributed by atoms with Crippen LogP contribution >= 0.6 is 0 Å². The zero-order chi connectivity index (χ0) is 18.1. The second kappa shape index (κ2) is 6.97. The van der Waals surface area contributed by atoms with Gasteiger partial charge in [-0.3, -0.25) is 0 Å². The number of nitrogens with one attached hydrogen (secondary N) is 1. The highest BCUT2D eigenvalue weighted by molar-refractivity contribution is 5.95. The Morgan fingerprint density at radius 3 is 2.50 bits per heavy atom. The van der Waals surface area contributed by atoms with Gasteiger partial charge in [-0.2, -0.15) is 0 Å². The first-order valence-electron chi connectivity index (χ1n) is 9.48. The van der Waals surface area contributed by atoms with Crippen LogP contribution in [0.25, 0.3) is 32.9 Å². The van der Waals surface area contributed by atoms with E-state index in [1.807, 2.05) is 0 Å². The van der Waals surface area contributed by atoms with E-state index in [2.05, 4.69) is 73.4 Å². The molecule has 0 saturated carbocycles. The lowest BCUT2D eigenvalue weighted by atomic mass is 9.96. The number of aryl methyl sites for hydroxylation is 3. The van der Waals surface area contributed by atoms with Crippen molar-refractivity contribution in [1.29, 1.82) is 0 Å². The topological polar surface area (TPSA) is 41.8 Å². The molecule has 0 saturated heterocycles. The van der Waals surface area contributed by atoms with Gasteiger partial charge in [-0.15, -0.1) is 0 Å². The largest absolute Gasteiger partial charge is 0.354 e. The maximum Gasteiger partial charge on any atom is 0.0497 e. The predicted molar refractivity (Wildman–Crippen MR) is 113 cm³/mol. The molecule has 2 nitrogen and oxygen atoms in total. The van der Waals surface area contributed by atoms with Crippen LogP contribution in [0.1, 0.15) is 29.5 Å². The summed E-state index contributed by atoms with van der Waals surface area (Å²) in [6.07, 6.45) is 3.25. The minimum Gasteiger partial charge on any atom is -0.354 e. The molecule has 3 N–H and O–H groups in total. The molecule has 2 heteroatoms. The second-order valence-corrected chi connectivity index (χ2v) is 7.29. The van der Waals surface area contributed by atoms with Crippen LogP contribution in [0.5, 0.6) is 0 Å². The van der Waals surface area contributed by atoms with Gasteiger partial charge in [0.2, 0.25) is 0 Å². The first-order chi connectivity index (χ1) is 12.7. The lowest BCUT2D eigenvalue weighted by Gasteiger charge is -2.08. The number of hydrogen-bond acceptors (Lipinski definition) is 1. The third-order valence-corrected chi connectivity index (χ3v) is 5.26. The molecule has 132 valence electrons. The average Bonchev–Trinajstić information content (AvgIpc) is 3.00. The van der Waals surface area contributed by atoms with Crippen LogP contribution in [-0.2, 0) is 6.42 Å². The molecular formula is C24H26N2. The van der Waals surface area contributed by atoms with Crippen molar-refractivity contribution >= 4 is 21.7 Å². The Balaban J connectivity index is 1.91. The van der Waals surface area contributed by atoms with Gasteiger partial charge in [0.05, 0.1) is 0 Å². The van der Waals surface area contributed by atoms with Crippen LogP contribution in [0.15, 0.2) is 54.6 Å². The zero-order valence-electron chi connectivity index (χ0n) is 15.6. The van der Waals surface area contributed by atoms with Crippen molar-refractivity contribution in [2.75, 3.05) is 6.54 Å². The first kappa shape index (κ1) is 16.9. The normalized spacial score (nSPS) is 11.5. The SMILES string of the molecule is Cc1cc(C)c2c(CCCCN)c(-c3ccc4ccccc4c3)[nH]c2c1. The molecule has 0 amide bonds. The number of aromatic amines is 1. The third-order valence-electron chi connectivity index (χ3n) is 5.26. The van der Waals surface area contributed by atoms with Crippen molar-refractivity contribution in [3.8, 4) is 11.3 Å². The summed E-state index contributed by atoms with van der Waals surface area (Å²) in [6.45, 7) is 5.14. The minimum absolute atomic E-state index is 0.756. The van der Waals surface area contributed by atoms with Gasteiger partial charge in [0, 0.05) is 16.6 Å². The summed E-state index contributed by atoms with van der Waals surface area (Å²) in [6, 6.07) is 19.9. The summed E-state index contributed by atoms with van der Waals surface area (Å²) in [5, 5.41) is 3.95. The Morgan fingerprint density at radius 1 is 0.885 bits per heavy atom. The van der Waals surface area contributed by atoms with Crippen LogP contribution < -0.4 is 5.73 Å². The van der Waals surface area contributed by atoms with E-state index < -0.39 is 0 Å². The standard InChI is InChI=1S/C24H26N2/c1-16-13-17(2)23-21(9-5-6-12-25)24(26-22(23)14-16)20-11-10-18-7-3-4-8-19(18)15-20/h3-4,7-8,10-11,13-15,26H,5-6,9,12,25H2,1-2H3. The Labute approximate surface area is 155 Å². The number of unbranched alkanes of at least 4 members (excludes halogenated alkanes) is 1. The van der Waals surface area contributed by atoms with E-state index in [4.69, 9.17) is 5.73 Å². The second-order valence-electron chi connectivity index (χ2n) is 7.29. The highest BCUT2D eigenvalue weighted by Gasteiger charge is 2.15. The fourth-order valence-corrected chi connectivity index (χ4v) is 4.09. The molecule has 0 aliphatic carbocycles. The molecule has 1 heterocycles. The molecule has 1 aromatic heterocycles. The Kier molecular flexibility index (Phi) is 4.52. The quantitative estimate of drug-likeness (QED) is 0.436. The fraction of sp³-hybridized carbons (Fsp3) is 0.250. The summed E-state index contributed by atoms with van der Waals surface area (Å²) >= 11 is 0. The van der Waals surface area contributed by atoms with Gasteiger partial charge in [0.1, 0.15) is 0 Å². The predicted octanol–water partition coefficient (Wildman–Crippen LogP) is 5.89. The summed E-state index contributed by atoms with van der Waals surface area (Å²) < 4.78 is 0. The van der Waals surface area contributed by atoms with Crippen molar-refractivity contribution in [1.82, 2.24) is 4.98 Å². The molecule has 4 aromatic rings. The monoisotopic (exact) mass is 342 g/mol. The van der Waals surface area contributed by atoms with Gasteiger partial charge in [0.15, 0.2) is 0 Å². The van der Waals surface area contributed by atoms with E-state index in [1.54, 1.807) is 0 Å². The number of fused-ring (bicyclic) bond motifs is 2. The lowest BCUT2D eigenvalue weighted by molar-refractivity contribution is 0.748. The fourth-order valence-electron chi connectivity index (χ4n) is 4.09. The van der Waals surface area contributed by atoms with Gasteiger partial charge < -0.3 is 10.7 Å². The molecule has 0 aliphatic rings. The van der Waals surface area contributed by atoms with E-state index in [0.29, 0.717) is 0 Å². The highest BCUT2D eigenvalue weighted by Crippen LogP contribution is 2.35. The molecule has 26 heavy (non-hydrogen) atoms. The summed E-state index contributed by atoms with van der Waals surface area (Å²) in [5.41, 5.74) is 13.6. The smallest absolute Gasteiger partial charge is 0.0497 e. The number of benzene rings is 3. The molecule has 0 unspecified atom stereocenters. The van der Waals surface area contributed by atoms with Crippen molar-refractivity contribution in [2.24, 2.45) is 5.73 Å². The van der Waals surface area contributed by atoms with Crippen LogP contribution in [0, 0.1) is 13.8 Å². The molecule has 4 rings (SSSR count). The molecule has 0 fully saturated rings. The number of rotatable bonds is 5. The van der Waals surface area contributed by atoms with E-state index in [1.165, 1.54) is 49.6 Å². The van der Waals surface area contributed by atoms with E-state index in [9.17, 15) is 0 Å². The van der Waals surface area contributed by atoms with Gasteiger partial charge in [-0.1, -0.05) is 42.5 Å². The summed E-state index contributed by atoms with van der Waals surface area (Å²) in [5.74, 6) is 0. The maximum atomic E-state index is 5.73. The van der Waals surface area contributed by atoms with E-state index in [-0.39, 0.29) is 0 Å². The number of nitrogens with two attached hydrogens (primary N) is 1. The molecule has 0 aliphatic heterocycles. The van der Waals surface area contributed by atoms with Crippen molar-refractivity contribution in [3.63, 3.8) is 0 Å². The van der Waals surface area contributed by atoms with Crippen LogP contribution in [0.4, 0.5) is 0 Å². The van der Waals surface area contributed by atoms with Crippen molar-refractivity contribution < 1.29 is 0 Å². The highest BCUT2D eigenvalue weighted by atomic mass is 14.7. The number of H-pyrrole nitrogens is 1. The maximum absolute atomic E-state index is 5.73. The third kappa shape index (κ3) is 3.02. The summed E-state index contributed by atoms with van der Waals surface area (Å²) in [7, 11) is 0. The number of aromatic nitrogens is 1. The van der Waals surface area contributed by atoms with Crippen LogP contribution in [0.2, 0.25) is 0 Å². The minimum atomic E-state index is 0.756. The van der Waals surface area contributed by atoms with Gasteiger partial charge in [-0.05, 0) is 84.8 Å². The average molecular weight is 342 g/mol. The molecular weight excluding hydrogens is 316 g/mol. The molecule has 3 aromatic carbocycles. The number of hydrogen-bond donors (Lipinski definition) is 2. The molecule has 0 spiro atoms. The molecule has 0 radical (unpaired) electrons. The Hall–Kier alpha value is -2.58. The van der Waals surface area contributed by atoms with E-state index in [0.717, 1.165) is 25.8 Å². The first-order valence-corrected chi connectivity index (χ1v) is 9.48. The Bertz CT molecular complexity index is 1070. The van der Waals surface area contributed by atoms with Crippen LogP contribution in [0.3, 0.4) is 0 Å². The van der Waals surface area contributed by atoms with Crippen molar-refractivity contribution in [2.45, 2.75) is 33.1 Å². The van der Waals surface area contributed by atoms with Crippen LogP contribution in [-0.4, -0.2) is 11.5 Å². The molecule has 0 bridgehead atoms. The van der Waals surface area contributed by atoms with Gasteiger partial charge in [0.25, 0.3) is 0 Å². The molecule has 0 atom stereocenters. The van der Waals surface area contributed by atoms with Gasteiger partial charge >= 0.3 is 0 Å². The lowest BCUT2D eigenvalue weighted by Crippen LogP contribution is -1.99. The summed E-state index contributed by atoms with van der Waals surface area (Å²) in [4.78, 5) is 3.72. The zero-order valence-corrected chi connectivity index (χ0v) is 15.6. The van der Waals surface area contributed by atoms with Gasteiger partial charge in [-0.25, -0.2) is 0 Å².